The summed E-state index contributed by atoms with van der Waals surface area (Å²) in [6.45, 7) is 1.29. The molecule has 2 fully saturated rings. The van der Waals surface area contributed by atoms with Gasteiger partial charge in [-0.05, 0) is 52.1 Å². The molecule has 76 valence electrons. The van der Waals surface area contributed by atoms with Crippen LogP contribution in [0.25, 0.3) is 0 Å². The van der Waals surface area contributed by atoms with Crippen LogP contribution in [-0.4, -0.2) is 30.1 Å². The lowest BCUT2D eigenvalue weighted by atomic mass is 9.96. The third kappa shape index (κ3) is 2.44. The minimum atomic E-state index is 0.262. The number of nitrogens with zero attached hydrogens (tertiary/aromatic N) is 1. The summed E-state index contributed by atoms with van der Waals surface area (Å²) >= 11 is 0. The molecule has 0 amide bonds. The van der Waals surface area contributed by atoms with Crippen LogP contribution in [-0.2, 0) is 0 Å². The minimum absolute atomic E-state index is 0.262. The van der Waals surface area contributed by atoms with Gasteiger partial charge in [-0.15, -0.1) is 0 Å². The maximum Gasteiger partial charge on any atom is 0.0156 e. The van der Waals surface area contributed by atoms with E-state index in [9.17, 15) is 0 Å². The highest BCUT2D eigenvalue weighted by atomic mass is 15.1. The summed E-state index contributed by atoms with van der Waals surface area (Å²) < 4.78 is 0. The molecule has 1 atom stereocenters. The van der Waals surface area contributed by atoms with Gasteiger partial charge >= 0.3 is 0 Å². The first-order chi connectivity index (χ1) is 6.20. The average molecular weight is 182 g/mol. The molecule has 2 aliphatic rings. The molecule has 0 bridgehead atoms. The molecular weight excluding hydrogens is 160 g/mol. The number of piperidine rings is 1. The second-order valence-electron chi connectivity index (χ2n) is 5.03. The van der Waals surface area contributed by atoms with Crippen molar-refractivity contribution < 1.29 is 0 Å². The van der Waals surface area contributed by atoms with Crippen LogP contribution >= 0.6 is 0 Å². The molecule has 0 spiro atoms. The van der Waals surface area contributed by atoms with Gasteiger partial charge in [-0.1, -0.05) is 6.42 Å². The average Bonchev–Trinajstić information content (AvgIpc) is 2.83. The van der Waals surface area contributed by atoms with Gasteiger partial charge in [0.25, 0.3) is 0 Å². The van der Waals surface area contributed by atoms with Gasteiger partial charge in [0.15, 0.2) is 0 Å². The summed E-state index contributed by atoms with van der Waals surface area (Å²) in [7, 11) is 2.26. The number of hydrogen-bond acceptors (Lipinski definition) is 2. The quantitative estimate of drug-likeness (QED) is 0.720. The third-order valence-electron chi connectivity index (χ3n) is 3.79. The smallest absolute Gasteiger partial charge is 0.0156 e. The van der Waals surface area contributed by atoms with Crippen LogP contribution < -0.4 is 5.73 Å². The molecule has 1 saturated heterocycles. The van der Waals surface area contributed by atoms with Gasteiger partial charge in [0.1, 0.15) is 0 Å². The van der Waals surface area contributed by atoms with Crippen molar-refractivity contribution in [1.29, 1.82) is 0 Å². The lowest BCUT2D eigenvalue weighted by molar-refractivity contribution is 0.170. The Morgan fingerprint density at radius 2 is 2.15 bits per heavy atom. The Bertz CT molecular complexity index is 175. The Hall–Kier alpha value is -0.0800. The number of hydrogen-bond donors (Lipinski definition) is 1. The summed E-state index contributed by atoms with van der Waals surface area (Å²) in [4.78, 5) is 2.52. The zero-order valence-corrected chi connectivity index (χ0v) is 8.76. The van der Waals surface area contributed by atoms with E-state index in [0.29, 0.717) is 0 Å². The maximum atomic E-state index is 6.09. The van der Waals surface area contributed by atoms with E-state index in [1.165, 1.54) is 51.5 Å². The van der Waals surface area contributed by atoms with Crippen molar-refractivity contribution in [3.05, 3.63) is 0 Å². The fourth-order valence-corrected chi connectivity index (χ4v) is 2.37. The maximum absolute atomic E-state index is 6.09. The molecule has 13 heavy (non-hydrogen) atoms. The molecule has 2 rings (SSSR count). The van der Waals surface area contributed by atoms with Crippen molar-refractivity contribution in [3.8, 4) is 0 Å². The highest BCUT2D eigenvalue weighted by Gasteiger charge is 2.38. The van der Waals surface area contributed by atoms with Crippen molar-refractivity contribution in [1.82, 2.24) is 4.90 Å². The summed E-state index contributed by atoms with van der Waals surface area (Å²) in [5.41, 5.74) is 6.35. The normalized spacial score (nSPS) is 33.2. The predicted molar refractivity (Wildman–Crippen MR) is 55.7 cm³/mol. The fraction of sp³-hybridized carbons (Fsp3) is 1.00. The van der Waals surface area contributed by atoms with Crippen LogP contribution in [0, 0.1) is 0 Å². The summed E-state index contributed by atoms with van der Waals surface area (Å²) in [5.74, 6) is 0. The fourth-order valence-electron chi connectivity index (χ4n) is 2.37. The lowest BCUT2D eigenvalue weighted by Crippen LogP contribution is -2.37. The first-order valence-electron chi connectivity index (χ1n) is 5.69. The molecule has 0 aromatic heterocycles. The zero-order chi connectivity index (χ0) is 9.31. The molecule has 0 radical (unpaired) electrons. The largest absolute Gasteiger partial charge is 0.325 e. The first kappa shape index (κ1) is 9.47. The van der Waals surface area contributed by atoms with Gasteiger partial charge in [0.2, 0.25) is 0 Å². The van der Waals surface area contributed by atoms with E-state index in [-0.39, 0.29) is 5.54 Å². The highest BCUT2D eigenvalue weighted by Crippen LogP contribution is 2.37. The van der Waals surface area contributed by atoms with Gasteiger partial charge in [0, 0.05) is 11.6 Å². The SMILES string of the molecule is CN1CCCCC1CCC1(N)CC1. The van der Waals surface area contributed by atoms with E-state index < -0.39 is 0 Å². The molecule has 0 aromatic rings. The second-order valence-corrected chi connectivity index (χ2v) is 5.03. The Morgan fingerprint density at radius 1 is 1.38 bits per heavy atom. The summed E-state index contributed by atoms with van der Waals surface area (Å²) in [6, 6.07) is 0.828. The molecule has 1 saturated carbocycles. The Kier molecular flexibility index (Phi) is 2.61. The topological polar surface area (TPSA) is 29.3 Å². The molecule has 2 N–H and O–H groups in total. The van der Waals surface area contributed by atoms with Gasteiger partial charge in [0.05, 0.1) is 0 Å². The van der Waals surface area contributed by atoms with Crippen LogP contribution in [0.15, 0.2) is 0 Å². The van der Waals surface area contributed by atoms with Crippen molar-refractivity contribution >= 4 is 0 Å². The van der Waals surface area contributed by atoms with Crippen molar-refractivity contribution in [2.45, 2.75) is 56.5 Å². The highest BCUT2D eigenvalue weighted by molar-refractivity contribution is 4.99. The van der Waals surface area contributed by atoms with E-state index in [2.05, 4.69) is 11.9 Å². The van der Waals surface area contributed by atoms with Crippen molar-refractivity contribution in [2.24, 2.45) is 5.73 Å². The van der Waals surface area contributed by atoms with Gasteiger partial charge < -0.3 is 10.6 Å². The van der Waals surface area contributed by atoms with Crippen LogP contribution in [0.4, 0.5) is 0 Å². The second kappa shape index (κ2) is 3.58. The Labute approximate surface area is 81.5 Å². The lowest BCUT2D eigenvalue weighted by Gasteiger charge is -2.33. The number of likely N-dealkylation sites (tertiary alicyclic amines) is 1. The minimum Gasteiger partial charge on any atom is -0.325 e. The van der Waals surface area contributed by atoms with Crippen LogP contribution in [0.1, 0.15) is 44.9 Å². The summed E-state index contributed by atoms with van der Waals surface area (Å²) in [6.07, 6.45) is 9.32. The third-order valence-corrected chi connectivity index (χ3v) is 3.79. The molecule has 1 aliphatic carbocycles. The Morgan fingerprint density at radius 3 is 2.77 bits per heavy atom. The van der Waals surface area contributed by atoms with Gasteiger partial charge in [-0.3, -0.25) is 0 Å². The summed E-state index contributed by atoms with van der Waals surface area (Å²) in [5, 5.41) is 0. The van der Waals surface area contributed by atoms with Gasteiger partial charge in [-0.25, -0.2) is 0 Å². The van der Waals surface area contributed by atoms with E-state index in [1.807, 2.05) is 0 Å². The van der Waals surface area contributed by atoms with Crippen LogP contribution in [0.2, 0.25) is 0 Å². The Balaban J connectivity index is 1.73. The molecule has 1 heterocycles. The van der Waals surface area contributed by atoms with E-state index in [1.54, 1.807) is 0 Å². The molecule has 2 heteroatoms. The first-order valence-corrected chi connectivity index (χ1v) is 5.69. The zero-order valence-electron chi connectivity index (χ0n) is 8.76. The van der Waals surface area contributed by atoms with Gasteiger partial charge in [-0.2, -0.15) is 0 Å². The standard InChI is InChI=1S/C11H22N2/c1-13-9-3-2-4-10(13)5-6-11(12)7-8-11/h10H,2-9,12H2,1H3. The molecule has 1 aliphatic heterocycles. The molecule has 1 unspecified atom stereocenters. The monoisotopic (exact) mass is 182 g/mol. The van der Waals surface area contributed by atoms with E-state index in [0.717, 1.165) is 6.04 Å². The van der Waals surface area contributed by atoms with Crippen molar-refractivity contribution in [2.75, 3.05) is 13.6 Å². The number of nitrogens with two attached hydrogens (primary N) is 1. The van der Waals surface area contributed by atoms with Crippen LogP contribution in [0.3, 0.4) is 0 Å². The van der Waals surface area contributed by atoms with E-state index in [4.69, 9.17) is 5.73 Å². The number of rotatable bonds is 3. The van der Waals surface area contributed by atoms with E-state index >= 15 is 0 Å². The molecule has 2 nitrogen and oxygen atoms in total. The molecule has 0 aromatic carbocycles. The molecular formula is C11H22N2. The predicted octanol–water partition coefficient (Wildman–Crippen LogP) is 1.74. The van der Waals surface area contributed by atoms with Crippen molar-refractivity contribution in [3.63, 3.8) is 0 Å². The van der Waals surface area contributed by atoms with Crippen LogP contribution in [0.5, 0.6) is 0 Å².